The predicted octanol–water partition coefficient (Wildman–Crippen LogP) is 2.56. The first-order valence-electron chi connectivity index (χ1n) is 3.52. The Hall–Kier alpha value is -1.17. The van der Waals surface area contributed by atoms with Crippen LogP contribution in [0.25, 0.3) is 0 Å². The molecule has 0 aliphatic rings. The molecule has 0 saturated heterocycles. The van der Waals surface area contributed by atoms with Crippen LogP contribution in [0, 0.1) is 11.6 Å². The lowest BCUT2D eigenvalue weighted by Crippen LogP contribution is -2.22. The fourth-order valence-corrected chi connectivity index (χ4v) is 0.936. The van der Waals surface area contributed by atoms with Gasteiger partial charge in [0.1, 0.15) is 11.6 Å². The van der Waals surface area contributed by atoms with E-state index >= 15 is 0 Å². The maximum atomic E-state index is 12.7. The number of hydrogen-bond donors (Lipinski definition) is 1. The van der Waals surface area contributed by atoms with Gasteiger partial charge in [-0.25, -0.2) is 8.78 Å². The number of alkyl halides is 3. The van der Waals surface area contributed by atoms with Crippen molar-refractivity contribution in [3.8, 4) is 0 Å². The molecule has 0 amide bonds. The van der Waals surface area contributed by atoms with Gasteiger partial charge in [0.15, 0.2) is 6.10 Å². The minimum atomic E-state index is -5.08. The third-order valence-corrected chi connectivity index (χ3v) is 1.58. The standard InChI is InChI=1S/C8H5F5O/c9-4-2-1-3-5(10)6(4)7(14)8(11,12)13/h1-3,7,14H. The lowest BCUT2D eigenvalue weighted by molar-refractivity contribution is -0.208. The highest BCUT2D eigenvalue weighted by Gasteiger charge is 2.42. The third kappa shape index (κ3) is 2.01. The average Bonchev–Trinajstić information content (AvgIpc) is 2.01. The number of rotatable bonds is 1. The highest BCUT2D eigenvalue weighted by atomic mass is 19.4. The van der Waals surface area contributed by atoms with Crippen molar-refractivity contribution in [2.75, 3.05) is 0 Å². The summed E-state index contributed by atoms with van der Waals surface area (Å²) >= 11 is 0. The van der Waals surface area contributed by atoms with Crippen molar-refractivity contribution in [3.05, 3.63) is 35.4 Å². The van der Waals surface area contributed by atoms with Gasteiger partial charge in [0, 0.05) is 0 Å². The van der Waals surface area contributed by atoms with Crippen LogP contribution >= 0.6 is 0 Å². The quantitative estimate of drug-likeness (QED) is 0.709. The van der Waals surface area contributed by atoms with Crippen LogP contribution in [0.5, 0.6) is 0 Å². The second kappa shape index (κ2) is 3.53. The fraction of sp³-hybridized carbons (Fsp3) is 0.250. The SMILES string of the molecule is OC(c1c(F)cccc1F)C(F)(F)F. The summed E-state index contributed by atoms with van der Waals surface area (Å²) in [7, 11) is 0. The molecule has 0 bridgehead atoms. The highest BCUT2D eigenvalue weighted by molar-refractivity contribution is 5.23. The van der Waals surface area contributed by atoms with Crippen molar-refractivity contribution in [2.45, 2.75) is 12.3 Å². The van der Waals surface area contributed by atoms with E-state index in [1.165, 1.54) is 0 Å². The molecule has 1 aromatic carbocycles. The van der Waals surface area contributed by atoms with Crippen LogP contribution in [0.15, 0.2) is 18.2 Å². The van der Waals surface area contributed by atoms with Gasteiger partial charge >= 0.3 is 6.18 Å². The Labute approximate surface area is 75.8 Å². The normalized spacial score (nSPS) is 14.1. The number of aliphatic hydroxyl groups is 1. The summed E-state index contributed by atoms with van der Waals surface area (Å²) in [6.45, 7) is 0. The van der Waals surface area contributed by atoms with E-state index in [4.69, 9.17) is 5.11 Å². The van der Waals surface area contributed by atoms with E-state index in [-0.39, 0.29) is 0 Å². The maximum absolute atomic E-state index is 12.7. The third-order valence-electron chi connectivity index (χ3n) is 1.58. The molecule has 14 heavy (non-hydrogen) atoms. The largest absolute Gasteiger partial charge is 0.418 e. The van der Waals surface area contributed by atoms with Crippen LogP contribution in [0.3, 0.4) is 0 Å². The Morgan fingerprint density at radius 2 is 1.50 bits per heavy atom. The number of halogens is 5. The Bertz CT molecular complexity index is 313. The molecule has 0 aliphatic heterocycles. The monoisotopic (exact) mass is 212 g/mol. The zero-order valence-electron chi connectivity index (χ0n) is 6.65. The number of aliphatic hydroxyl groups excluding tert-OH is 1. The Kier molecular flexibility index (Phi) is 2.75. The molecule has 0 spiro atoms. The molecule has 1 unspecified atom stereocenters. The molecule has 0 radical (unpaired) electrons. The molecule has 1 atom stereocenters. The summed E-state index contributed by atoms with van der Waals surface area (Å²) in [5.41, 5.74) is -1.38. The van der Waals surface area contributed by atoms with Crippen LogP contribution in [0.2, 0.25) is 0 Å². The molecule has 0 heterocycles. The molecule has 1 nitrogen and oxygen atoms in total. The van der Waals surface area contributed by atoms with Gasteiger partial charge < -0.3 is 5.11 Å². The van der Waals surface area contributed by atoms with Gasteiger partial charge in [0.25, 0.3) is 0 Å². The summed E-state index contributed by atoms with van der Waals surface area (Å²) in [4.78, 5) is 0. The minimum Gasteiger partial charge on any atom is -0.379 e. The van der Waals surface area contributed by atoms with E-state index in [0.29, 0.717) is 12.1 Å². The minimum absolute atomic E-state index is 0.646. The molecule has 0 saturated carbocycles. The van der Waals surface area contributed by atoms with E-state index in [1.54, 1.807) is 0 Å². The average molecular weight is 212 g/mol. The van der Waals surface area contributed by atoms with Gasteiger partial charge in [0.2, 0.25) is 0 Å². The summed E-state index contributed by atoms with van der Waals surface area (Å²) in [5.74, 6) is -2.84. The van der Waals surface area contributed by atoms with E-state index in [9.17, 15) is 22.0 Å². The zero-order valence-corrected chi connectivity index (χ0v) is 6.65. The van der Waals surface area contributed by atoms with Gasteiger partial charge in [-0.1, -0.05) is 6.07 Å². The molecule has 1 aromatic rings. The van der Waals surface area contributed by atoms with E-state index in [2.05, 4.69) is 0 Å². The molecular weight excluding hydrogens is 207 g/mol. The van der Waals surface area contributed by atoms with Crippen molar-refractivity contribution >= 4 is 0 Å². The van der Waals surface area contributed by atoms with Crippen LogP contribution in [-0.4, -0.2) is 11.3 Å². The second-order valence-corrected chi connectivity index (χ2v) is 2.58. The Morgan fingerprint density at radius 3 is 1.86 bits per heavy atom. The van der Waals surface area contributed by atoms with E-state index in [0.717, 1.165) is 6.07 Å². The zero-order chi connectivity index (χ0) is 10.9. The molecule has 78 valence electrons. The van der Waals surface area contributed by atoms with E-state index in [1.807, 2.05) is 0 Å². The van der Waals surface area contributed by atoms with Crippen molar-refractivity contribution in [1.29, 1.82) is 0 Å². The van der Waals surface area contributed by atoms with Gasteiger partial charge in [-0.15, -0.1) is 0 Å². The number of hydrogen-bond acceptors (Lipinski definition) is 1. The van der Waals surface area contributed by atoms with Crippen molar-refractivity contribution in [3.63, 3.8) is 0 Å². The lowest BCUT2D eigenvalue weighted by Gasteiger charge is -2.15. The van der Waals surface area contributed by atoms with Gasteiger partial charge in [-0.2, -0.15) is 13.2 Å². The topological polar surface area (TPSA) is 20.2 Å². The summed E-state index contributed by atoms with van der Waals surface area (Å²) in [6.07, 6.45) is -8.22. The molecular formula is C8H5F5O. The first-order valence-corrected chi connectivity index (χ1v) is 3.52. The molecule has 6 heteroatoms. The molecule has 1 rings (SSSR count). The van der Waals surface area contributed by atoms with Gasteiger partial charge in [-0.05, 0) is 12.1 Å². The predicted molar refractivity (Wildman–Crippen MR) is 37.4 cm³/mol. The lowest BCUT2D eigenvalue weighted by atomic mass is 10.1. The van der Waals surface area contributed by atoms with Gasteiger partial charge in [-0.3, -0.25) is 0 Å². The Balaban J connectivity index is 3.19. The van der Waals surface area contributed by atoms with Crippen molar-refractivity contribution in [1.82, 2.24) is 0 Å². The van der Waals surface area contributed by atoms with Crippen LogP contribution in [0.1, 0.15) is 11.7 Å². The van der Waals surface area contributed by atoms with E-state index < -0.39 is 29.5 Å². The molecule has 0 aromatic heterocycles. The summed E-state index contributed by atoms with van der Waals surface area (Å²) in [5, 5.41) is 8.61. The van der Waals surface area contributed by atoms with Crippen LogP contribution < -0.4 is 0 Å². The summed E-state index contributed by atoms with van der Waals surface area (Å²) in [6, 6.07) is 2.21. The van der Waals surface area contributed by atoms with Crippen molar-refractivity contribution < 1.29 is 27.1 Å². The smallest absolute Gasteiger partial charge is 0.379 e. The first-order chi connectivity index (χ1) is 6.34. The van der Waals surface area contributed by atoms with Crippen LogP contribution in [0.4, 0.5) is 22.0 Å². The Morgan fingerprint density at radius 1 is 1.07 bits per heavy atom. The fourth-order valence-electron chi connectivity index (χ4n) is 0.936. The molecule has 0 aliphatic carbocycles. The highest BCUT2D eigenvalue weighted by Crippen LogP contribution is 2.34. The first kappa shape index (κ1) is 10.9. The maximum Gasteiger partial charge on any atom is 0.418 e. The van der Waals surface area contributed by atoms with Crippen LogP contribution in [-0.2, 0) is 0 Å². The molecule has 0 fully saturated rings. The van der Waals surface area contributed by atoms with Crippen molar-refractivity contribution in [2.24, 2.45) is 0 Å². The number of benzene rings is 1. The second-order valence-electron chi connectivity index (χ2n) is 2.58. The van der Waals surface area contributed by atoms with Gasteiger partial charge in [0.05, 0.1) is 5.56 Å². The molecule has 1 N–H and O–H groups in total. The summed E-state index contributed by atoms with van der Waals surface area (Å²) < 4.78 is 61.2.